The van der Waals surface area contributed by atoms with Gasteiger partial charge in [-0.3, -0.25) is 9.69 Å². The average Bonchev–Trinajstić information content (AvgIpc) is 3.29. The Bertz CT molecular complexity index is 1090. The summed E-state index contributed by atoms with van der Waals surface area (Å²) < 4.78 is 5.43. The van der Waals surface area contributed by atoms with E-state index in [0.717, 1.165) is 36.3 Å². The van der Waals surface area contributed by atoms with Gasteiger partial charge in [0.25, 0.3) is 0 Å². The SMILES string of the molecule is O=C(NCCSCc1c(Cl)cccc1Cl)C1CCCN(Cc2nc(-c3ccc(Cl)cc3)no2)C1. The molecule has 180 valence electrons. The molecule has 1 saturated heterocycles. The second-order valence-electron chi connectivity index (χ2n) is 8.14. The van der Waals surface area contributed by atoms with Gasteiger partial charge in [-0.1, -0.05) is 46.0 Å². The van der Waals surface area contributed by atoms with E-state index >= 15 is 0 Å². The molecule has 1 unspecified atom stereocenters. The first-order chi connectivity index (χ1) is 16.5. The van der Waals surface area contributed by atoms with Crippen LogP contribution in [0.15, 0.2) is 47.0 Å². The highest BCUT2D eigenvalue weighted by atomic mass is 35.5. The molecule has 0 spiro atoms. The first-order valence-electron chi connectivity index (χ1n) is 11.1. The number of hydrogen-bond acceptors (Lipinski definition) is 6. The maximum atomic E-state index is 12.7. The fourth-order valence-corrected chi connectivity index (χ4v) is 5.60. The molecule has 4 rings (SSSR count). The fraction of sp³-hybridized carbons (Fsp3) is 0.375. The minimum atomic E-state index is -0.0459. The van der Waals surface area contributed by atoms with Gasteiger partial charge in [-0.25, -0.2) is 0 Å². The first-order valence-corrected chi connectivity index (χ1v) is 13.4. The van der Waals surface area contributed by atoms with Crippen LogP contribution in [-0.4, -0.2) is 46.3 Å². The van der Waals surface area contributed by atoms with Crippen molar-refractivity contribution < 1.29 is 9.32 Å². The summed E-state index contributed by atoms with van der Waals surface area (Å²) >= 11 is 20.1. The maximum absolute atomic E-state index is 12.7. The van der Waals surface area contributed by atoms with Crippen LogP contribution in [0, 0.1) is 5.92 Å². The molecule has 1 aromatic heterocycles. The number of amides is 1. The normalized spacial score (nSPS) is 16.5. The second-order valence-corrected chi connectivity index (χ2v) is 10.5. The van der Waals surface area contributed by atoms with Crippen LogP contribution in [-0.2, 0) is 17.1 Å². The molecule has 1 aliphatic rings. The number of carbonyl (C=O) groups is 1. The summed E-state index contributed by atoms with van der Waals surface area (Å²) in [6.07, 6.45) is 1.83. The summed E-state index contributed by atoms with van der Waals surface area (Å²) in [5.74, 6) is 2.63. The van der Waals surface area contributed by atoms with Crippen LogP contribution in [0.1, 0.15) is 24.3 Å². The number of nitrogens with zero attached hydrogens (tertiary/aromatic N) is 3. The monoisotopic (exact) mass is 538 g/mol. The number of hydrogen-bond donors (Lipinski definition) is 1. The molecule has 0 aliphatic carbocycles. The smallest absolute Gasteiger partial charge is 0.241 e. The largest absolute Gasteiger partial charge is 0.355 e. The standard InChI is InChI=1S/C24H25Cl3N4O2S/c25-18-8-6-16(7-9-18)23-29-22(33-30-23)14-31-11-2-3-17(13-31)24(32)28-10-12-34-15-19-20(26)4-1-5-21(19)27/h1,4-9,17H,2-3,10-15H2,(H,28,32). The third-order valence-electron chi connectivity index (χ3n) is 5.66. The Labute approximate surface area is 218 Å². The number of aromatic nitrogens is 2. The van der Waals surface area contributed by atoms with Gasteiger partial charge in [-0.05, 0) is 61.3 Å². The zero-order valence-electron chi connectivity index (χ0n) is 18.5. The summed E-state index contributed by atoms with van der Waals surface area (Å²) in [5.41, 5.74) is 1.79. The Morgan fingerprint density at radius 3 is 2.68 bits per heavy atom. The quantitative estimate of drug-likeness (QED) is 0.338. The first kappa shape index (κ1) is 25.3. The van der Waals surface area contributed by atoms with Crippen molar-refractivity contribution in [2.45, 2.75) is 25.1 Å². The van der Waals surface area contributed by atoms with Crippen molar-refractivity contribution in [3.63, 3.8) is 0 Å². The van der Waals surface area contributed by atoms with Crippen LogP contribution in [0.4, 0.5) is 0 Å². The molecule has 1 N–H and O–H groups in total. The number of thioether (sulfide) groups is 1. The third kappa shape index (κ3) is 6.89. The van der Waals surface area contributed by atoms with Crippen LogP contribution in [0.5, 0.6) is 0 Å². The number of benzene rings is 2. The summed E-state index contributed by atoms with van der Waals surface area (Å²) in [5, 5.41) is 9.15. The number of piperidine rings is 1. The Morgan fingerprint density at radius 2 is 1.91 bits per heavy atom. The molecule has 2 heterocycles. The Balaban J connectivity index is 1.20. The summed E-state index contributed by atoms with van der Waals surface area (Å²) in [6, 6.07) is 12.8. The van der Waals surface area contributed by atoms with Crippen LogP contribution in [0.25, 0.3) is 11.4 Å². The van der Waals surface area contributed by atoms with Gasteiger partial charge < -0.3 is 9.84 Å². The number of likely N-dealkylation sites (tertiary alicyclic amines) is 1. The molecule has 1 amide bonds. The molecular formula is C24H25Cl3N4O2S. The van der Waals surface area contributed by atoms with Crippen molar-refractivity contribution in [1.29, 1.82) is 0 Å². The molecule has 6 nitrogen and oxygen atoms in total. The van der Waals surface area contributed by atoms with Crippen molar-refractivity contribution in [2.24, 2.45) is 5.92 Å². The van der Waals surface area contributed by atoms with E-state index in [2.05, 4.69) is 20.4 Å². The predicted octanol–water partition coefficient (Wildman–Crippen LogP) is 5.96. The molecular weight excluding hydrogens is 515 g/mol. The van der Waals surface area contributed by atoms with E-state index in [9.17, 15) is 4.79 Å². The van der Waals surface area contributed by atoms with Crippen molar-refractivity contribution in [2.75, 3.05) is 25.4 Å². The fourth-order valence-electron chi connectivity index (χ4n) is 3.87. The van der Waals surface area contributed by atoms with E-state index in [4.69, 9.17) is 39.3 Å². The second kappa shape index (κ2) is 12.3. The number of carbonyl (C=O) groups excluding carboxylic acids is 1. The lowest BCUT2D eigenvalue weighted by Crippen LogP contribution is -2.43. The predicted molar refractivity (Wildman–Crippen MR) is 138 cm³/mol. The van der Waals surface area contributed by atoms with Crippen molar-refractivity contribution in [3.05, 3.63) is 69.0 Å². The van der Waals surface area contributed by atoms with Crippen molar-refractivity contribution in [1.82, 2.24) is 20.4 Å². The molecule has 3 aromatic rings. The van der Waals surface area contributed by atoms with E-state index in [0.29, 0.717) is 52.2 Å². The summed E-state index contributed by atoms with van der Waals surface area (Å²) in [6.45, 7) is 2.71. The zero-order valence-corrected chi connectivity index (χ0v) is 21.6. The lowest BCUT2D eigenvalue weighted by atomic mass is 9.97. The van der Waals surface area contributed by atoms with E-state index in [-0.39, 0.29) is 11.8 Å². The van der Waals surface area contributed by atoms with Gasteiger partial charge in [-0.2, -0.15) is 16.7 Å². The minimum absolute atomic E-state index is 0.0459. The highest BCUT2D eigenvalue weighted by molar-refractivity contribution is 7.98. The molecule has 1 fully saturated rings. The van der Waals surface area contributed by atoms with Crippen LogP contribution in [0.3, 0.4) is 0 Å². The molecule has 0 saturated carbocycles. The van der Waals surface area contributed by atoms with E-state index in [1.165, 1.54) is 0 Å². The highest BCUT2D eigenvalue weighted by Crippen LogP contribution is 2.28. The van der Waals surface area contributed by atoms with Gasteiger partial charge in [0.1, 0.15) is 0 Å². The third-order valence-corrected chi connectivity index (χ3v) is 7.61. The van der Waals surface area contributed by atoms with Gasteiger partial charge in [0.15, 0.2) is 0 Å². The van der Waals surface area contributed by atoms with Crippen LogP contribution in [0.2, 0.25) is 15.1 Å². The summed E-state index contributed by atoms with van der Waals surface area (Å²) in [4.78, 5) is 19.4. The molecule has 10 heteroatoms. The van der Waals surface area contributed by atoms with Crippen molar-refractivity contribution in [3.8, 4) is 11.4 Å². The van der Waals surface area contributed by atoms with Crippen molar-refractivity contribution >= 4 is 52.5 Å². The number of nitrogens with one attached hydrogen (secondary N) is 1. The Kier molecular flexibility index (Phi) is 9.14. The highest BCUT2D eigenvalue weighted by Gasteiger charge is 2.26. The van der Waals surface area contributed by atoms with Crippen LogP contribution < -0.4 is 5.32 Å². The molecule has 1 aliphatic heterocycles. The lowest BCUT2D eigenvalue weighted by molar-refractivity contribution is -0.126. The van der Waals surface area contributed by atoms with Gasteiger partial charge in [0.2, 0.25) is 17.6 Å². The minimum Gasteiger partial charge on any atom is -0.355 e. The average molecular weight is 540 g/mol. The maximum Gasteiger partial charge on any atom is 0.241 e. The van der Waals surface area contributed by atoms with Gasteiger partial charge >= 0.3 is 0 Å². The zero-order chi connectivity index (χ0) is 23.9. The van der Waals surface area contributed by atoms with Gasteiger partial charge in [0.05, 0.1) is 12.5 Å². The topological polar surface area (TPSA) is 71.3 Å². The van der Waals surface area contributed by atoms with E-state index in [1.807, 2.05) is 30.3 Å². The summed E-state index contributed by atoms with van der Waals surface area (Å²) in [7, 11) is 0. The molecule has 34 heavy (non-hydrogen) atoms. The van der Waals surface area contributed by atoms with Crippen LogP contribution >= 0.6 is 46.6 Å². The van der Waals surface area contributed by atoms with Gasteiger partial charge in [-0.15, -0.1) is 0 Å². The Hall–Kier alpha value is -1.77. The Morgan fingerprint density at radius 1 is 1.15 bits per heavy atom. The van der Waals surface area contributed by atoms with E-state index < -0.39 is 0 Å². The molecule has 1 atom stereocenters. The number of rotatable bonds is 9. The number of halogens is 3. The molecule has 0 bridgehead atoms. The van der Waals surface area contributed by atoms with Gasteiger partial charge in [0, 0.05) is 45.2 Å². The molecule has 2 aromatic carbocycles. The molecule has 0 radical (unpaired) electrons. The lowest BCUT2D eigenvalue weighted by Gasteiger charge is -2.30. The van der Waals surface area contributed by atoms with E-state index in [1.54, 1.807) is 23.9 Å².